The molecule has 0 bridgehead atoms. The molecular weight excluding hydrogens is 363 g/mol. The zero-order valence-electron chi connectivity index (χ0n) is 6.81. The topological polar surface area (TPSA) is 74.7 Å². The molecule has 0 saturated carbocycles. The van der Waals surface area contributed by atoms with Gasteiger partial charge < -0.3 is 5.11 Å². The first-order chi connectivity index (χ1) is 5.86. The second-order valence-corrected chi connectivity index (χ2v) is 2.30. The van der Waals surface area contributed by atoms with Gasteiger partial charge in [-0.15, -0.1) is 5.10 Å². The summed E-state index contributed by atoms with van der Waals surface area (Å²) in [7, 11) is 0. The summed E-state index contributed by atoms with van der Waals surface area (Å²) in [5.41, 5.74) is 0.845. The van der Waals surface area contributed by atoms with Crippen LogP contribution in [0.15, 0.2) is 24.3 Å². The van der Waals surface area contributed by atoms with Crippen LogP contribution in [0.1, 0.15) is 0 Å². The van der Waals surface area contributed by atoms with Gasteiger partial charge in [0.25, 0.3) is 0 Å². The Morgan fingerprint density at radius 2 is 1.85 bits per heavy atom. The van der Waals surface area contributed by atoms with Crippen molar-refractivity contribution in [1.82, 2.24) is 20.6 Å². The third-order valence-corrected chi connectivity index (χ3v) is 1.49. The van der Waals surface area contributed by atoms with Crippen molar-refractivity contribution in [2.24, 2.45) is 0 Å². The van der Waals surface area contributed by atoms with Crippen molar-refractivity contribution in [1.29, 1.82) is 0 Å². The second kappa shape index (κ2) is 4.31. The van der Waals surface area contributed by atoms with E-state index in [1.807, 2.05) is 0 Å². The van der Waals surface area contributed by atoms with Crippen LogP contribution in [0.4, 0.5) is 0 Å². The molecule has 13 heavy (non-hydrogen) atoms. The SMILES string of the molecule is Oc1ccc(-c2nnn[nH]2)cc1.[PbH2]. The number of aromatic hydroxyl groups is 1. The minimum atomic E-state index is 0. The fourth-order valence-electron chi connectivity index (χ4n) is 0.901. The molecule has 1 aromatic heterocycles. The van der Waals surface area contributed by atoms with E-state index in [2.05, 4.69) is 20.6 Å². The van der Waals surface area contributed by atoms with Crippen LogP contribution in [0, 0.1) is 0 Å². The number of aromatic amines is 1. The Hall–Kier alpha value is -0.988. The van der Waals surface area contributed by atoms with E-state index in [0.717, 1.165) is 5.56 Å². The average Bonchev–Trinajstić information content (AvgIpc) is 2.58. The molecule has 2 rings (SSSR count). The number of benzene rings is 1. The Labute approximate surface area is 94.3 Å². The summed E-state index contributed by atoms with van der Waals surface area (Å²) < 4.78 is 0. The number of phenols is 1. The van der Waals surface area contributed by atoms with Gasteiger partial charge in [-0.3, -0.25) is 0 Å². The van der Waals surface area contributed by atoms with Gasteiger partial charge in [0.15, 0.2) is 5.82 Å². The Bertz CT molecular complexity index is 358. The van der Waals surface area contributed by atoms with Crippen molar-refractivity contribution >= 4 is 27.3 Å². The van der Waals surface area contributed by atoms with Crippen molar-refractivity contribution in [3.8, 4) is 17.1 Å². The predicted octanol–water partition coefficient (Wildman–Crippen LogP) is -0.344. The summed E-state index contributed by atoms with van der Waals surface area (Å²) >= 11 is 0. The van der Waals surface area contributed by atoms with Crippen molar-refractivity contribution in [3.05, 3.63) is 24.3 Å². The first kappa shape index (κ1) is 10.1. The molecule has 0 unspecified atom stereocenters. The van der Waals surface area contributed by atoms with Gasteiger partial charge in [-0.1, -0.05) is 0 Å². The van der Waals surface area contributed by atoms with E-state index in [0.29, 0.717) is 5.82 Å². The summed E-state index contributed by atoms with van der Waals surface area (Å²) in [4.78, 5) is 0. The van der Waals surface area contributed by atoms with E-state index in [-0.39, 0.29) is 33.0 Å². The molecule has 2 N–H and O–H groups in total. The zero-order chi connectivity index (χ0) is 8.39. The van der Waals surface area contributed by atoms with E-state index in [1.165, 1.54) is 0 Å². The number of nitrogens with one attached hydrogen (secondary N) is 1. The number of H-pyrrole nitrogens is 1. The summed E-state index contributed by atoms with van der Waals surface area (Å²) in [5.74, 6) is 0.821. The molecule has 2 radical (unpaired) electrons. The molecule has 1 aromatic carbocycles. The van der Waals surface area contributed by atoms with Gasteiger partial charge in [-0.2, -0.15) is 0 Å². The molecule has 0 spiro atoms. The van der Waals surface area contributed by atoms with Crippen LogP contribution in [0.3, 0.4) is 0 Å². The molecule has 5 nitrogen and oxygen atoms in total. The Morgan fingerprint density at radius 1 is 1.15 bits per heavy atom. The van der Waals surface area contributed by atoms with Crippen LogP contribution in [-0.2, 0) is 0 Å². The Kier molecular flexibility index (Phi) is 3.34. The molecule has 66 valence electrons. The zero-order valence-corrected chi connectivity index (χ0v) is 12.3. The van der Waals surface area contributed by atoms with Crippen molar-refractivity contribution in [3.63, 3.8) is 0 Å². The van der Waals surface area contributed by atoms with E-state index in [9.17, 15) is 0 Å². The average molecular weight is 371 g/mol. The van der Waals surface area contributed by atoms with Crippen LogP contribution in [0.5, 0.6) is 5.75 Å². The molecule has 0 saturated heterocycles. The molecular formula is C7H8N4OPb. The molecule has 0 fully saturated rings. The van der Waals surface area contributed by atoms with Crippen LogP contribution >= 0.6 is 0 Å². The van der Waals surface area contributed by atoms with Crippen LogP contribution in [0.2, 0.25) is 0 Å². The number of phenolic OH excluding ortho intramolecular Hbond substituents is 1. The van der Waals surface area contributed by atoms with Gasteiger partial charge in [-0.05, 0) is 34.7 Å². The van der Waals surface area contributed by atoms with Gasteiger partial charge in [0, 0.05) is 5.56 Å². The number of aromatic nitrogens is 4. The molecule has 0 aliphatic rings. The monoisotopic (exact) mass is 372 g/mol. The van der Waals surface area contributed by atoms with Crippen LogP contribution in [-0.4, -0.2) is 53.0 Å². The molecule has 0 atom stereocenters. The van der Waals surface area contributed by atoms with Crippen molar-refractivity contribution < 1.29 is 5.11 Å². The fourth-order valence-corrected chi connectivity index (χ4v) is 0.901. The number of hydrogen-bond acceptors (Lipinski definition) is 4. The minimum absolute atomic E-state index is 0. The molecule has 0 aliphatic carbocycles. The molecule has 1 heterocycles. The Balaban J connectivity index is 0.000000845. The summed E-state index contributed by atoms with van der Waals surface area (Å²) in [5, 5.41) is 22.2. The number of rotatable bonds is 1. The third-order valence-electron chi connectivity index (χ3n) is 1.49. The van der Waals surface area contributed by atoms with E-state index in [1.54, 1.807) is 24.3 Å². The van der Waals surface area contributed by atoms with Gasteiger partial charge >= 0.3 is 27.3 Å². The van der Waals surface area contributed by atoms with Gasteiger partial charge in [-0.25, -0.2) is 5.10 Å². The second-order valence-electron chi connectivity index (χ2n) is 2.30. The predicted molar refractivity (Wildman–Crippen MR) is 49.8 cm³/mol. The van der Waals surface area contributed by atoms with Crippen molar-refractivity contribution in [2.75, 3.05) is 0 Å². The van der Waals surface area contributed by atoms with Gasteiger partial charge in [0.1, 0.15) is 5.75 Å². The molecule has 6 heteroatoms. The number of nitrogens with zero attached hydrogens (tertiary/aromatic N) is 3. The fraction of sp³-hybridized carbons (Fsp3) is 0. The first-order valence-electron chi connectivity index (χ1n) is 3.39. The van der Waals surface area contributed by atoms with Crippen molar-refractivity contribution in [2.45, 2.75) is 0 Å². The van der Waals surface area contributed by atoms with Crippen LogP contribution < -0.4 is 0 Å². The molecule has 2 aromatic rings. The maximum absolute atomic E-state index is 8.99. The number of tetrazole rings is 1. The van der Waals surface area contributed by atoms with Gasteiger partial charge in [0.2, 0.25) is 0 Å². The summed E-state index contributed by atoms with van der Waals surface area (Å²) in [6, 6.07) is 6.63. The quantitative estimate of drug-likeness (QED) is 0.673. The maximum atomic E-state index is 8.99. The van der Waals surface area contributed by atoms with E-state index >= 15 is 0 Å². The first-order valence-corrected chi connectivity index (χ1v) is 3.39. The summed E-state index contributed by atoms with van der Waals surface area (Å²) in [6.45, 7) is 0. The molecule has 0 aliphatic heterocycles. The normalized spacial score (nSPS) is 9.23. The van der Waals surface area contributed by atoms with E-state index in [4.69, 9.17) is 5.11 Å². The van der Waals surface area contributed by atoms with Gasteiger partial charge in [0.05, 0.1) is 0 Å². The van der Waals surface area contributed by atoms with Crippen LogP contribution in [0.25, 0.3) is 11.4 Å². The third kappa shape index (κ3) is 2.23. The number of hydrogen-bond donors (Lipinski definition) is 2. The standard InChI is InChI=1S/C7H6N4O.Pb.2H/c12-6-3-1-5(2-4-6)7-8-10-11-9-7;;;/h1-4,12H,(H,8,9,10,11);;;. The van der Waals surface area contributed by atoms with E-state index < -0.39 is 0 Å². The summed E-state index contributed by atoms with van der Waals surface area (Å²) in [6.07, 6.45) is 0. The Morgan fingerprint density at radius 3 is 2.38 bits per heavy atom. The molecule has 0 amide bonds.